The van der Waals surface area contributed by atoms with E-state index in [0.29, 0.717) is 5.17 Å². The first-order valence-electron chi connectivity index (χ1n) is 2.38. The molecule has 3 heteroatoms. The molecule has 2 nitrogen and oxygen atoms in total. The molecule has 0 aromatic heterocycles. The van der Waals surface area contributed by atoms with E-state index in [9.17, 15) is 0 Å². The van der Waals surface area contributed by atoms with E-state index in [2.05, 4.69) is 4.99 Å². The van der Waals surface area contributed by atoms with Crippen molar-refractivity contribution in [3.63, 3.8) is 0 Å². The van der Waals surface area contributed by atoms with Gasteiger partial charge in [-0.1, -0.05) is 11.6 Å². The van der Waals surface area contributed by atoms with Crippen molar-refractivity contribution in [2.75, 3.05) is 13.6 Å². The summed E-state index contributed by atoms with van der Waals surface area (Å²) < 4.78 is 0. The van der Waals surface area contributed by atoms with Gasteiger partial charge in [-0.2, -0.15) is 0 Å². The van der Waals surface area contributed by atoms with Crippen LogP contribution in [0, 0.1) is 0 Å². The van der Waals surface area contributed by atoms with Gasteiger partial charge in [-0.3, -0.25) is 0 Å². The van der Waals surface area contributed by atoms with Gasteiger partial charge in [-0.15, -0.1) is 0 Å². The maximum Gasteiger partial charge on any atom is 0.125 e. The molecular weight excluding hydrogens is 124 g/mol. The van der Waals surface area contributed by atoms with Crippen LogP contribution in [0.15, 0.2) is 17.4 Å². The first kappa shape index (κ1) is 5.63. The van der Waals surface area contributed by atoms with Crippen LogP contribution in [0.1, 0.15) is 0 Å². The average molecular weight is 131 g/mol. The fourth-order valence-electron chi connectivity index (χ4n) is 0.527. The topological polar surface area (TPSA) is 15.6 Å². The van der Waals surface area contributed by atoms with Gasteiger partial charge in [-0.25, -0.2) is 4.99 Å². The average Bonchev–Trinajstić information content (AvgIpc) is 1.64. The van der Waals surface area contributed by atoms with Gasteiger partial charge in [-0.05, 0) is 0 Å². The summed E-state index contributed by atoms with van der Waals surface area (Å²) in [5.41, 5.74) is 0. The summed E-state index contributed by atoms with van der Waals surface area (Å²) in [4.78, 5) is 5.81. The van der Waals surface area contributed by atoms with Crippen LogP contribution in [-0.2, 0) is 0 Å². The number of rotatable bonds is 0. The van der Waals surface area contributed by atoms with Crippen molar-refractivity contribution in [2.45, 2.75) is 0 Å². The molecule has 1 aliphatic rings. The third kappa shape index (κ3) is 1.23. The minimum absolute atomic E-state index is 0.648. The van der Waals surface area contributed by atoms with Crippen LogP contribution in [0.3, 0.4) is 0 Å². The molecule has 0 atom stereocenters. The summed E-state index contributed by atoms with van der Waals surface area (Å²) in [6.45, 7) is 0.734. The summed E-state index contributed by atoms with van der Waals surface area (Å²) in [6.07, 6.45) is 3.57. The van der Waals surface area contributed by atoms with Gasteiger partial charge in [0.25, 0.3) is 0 Å². The molecule has 0 bridgehead atoms. The normalized spacial score (nSPS) is 18.8. The molecule has 1 heterocycles. The van der Waals surface area contributed by atoms with E-state index < -0.39 is 0 Å². The lowest BCUT2D eigenvalue weighted by atomic mass is 10.5. The smallest absolute Gasteiger partial charge is 0.125 e. The van der Waals surface area contributed by atoms with Gasteiger partial charge in [0.1, 0.15) is 5.17 Å². The van der Waals surface area contributed by atoms with Crippen molar-refractivity contribution >= 4 is 16.8 Å². The maximum atomic E-state index is 5.57. The van der Waals surface area contributed by atoms with E-state index in [1.54, 1.807) is 6.20 Å². The predicted molar refractivity (Wildman–Crippen MR) is 35.1 cm³/mol. The molecule has 0 aromatic rings. The Hall–Kier alpha value is -0.500. The SMILES string of the molecule is CN1C=CN=C(Cl)C1. The molecule has 0 radical (unpaired) electrons. The molecule has 0 aromatic carbocycles. The molecule has 0 N–H and O–H groups in total. The lowest BCUT2D eigenvalue weighted by Crippen LogP contribution is -2.19. The molecule has 0 aliphatic carbocycles. The van der Waals surface area contributed by atoms with E-state index >= 15 is 0 Å². The highest BCUT2D eigenvalue weighted by atomic mass is 35.5. The molecule has 1 aliphatic heterocycles. The Labute approximate surface area is 53.5 Å². The van der Waals surface area contributed by atoms with E-state index in [1.807, 2.05) is 18.1 Å². The highest BCUT2D eigenvalue weighted by molar-refractivity contribution is 6.66. The minimum atomic E-state index is 0.648. The summed E-state index contributed by atoms with van der Waals surface area (Å²) in [5, 5.41) is 0.648. The first-order chi connectivity index (χ1) is 3.79. The second kappa shape index (κ2) is 2.18. The second-order valence-electron chi connectivity index (χ2n) is 1.72. The Bertz CT molecular complexity index is 139. The standard InChI is InChI=1S/C5H7ClN2/c1-8-3-2-7-5(6)4-8/h2-3H,4H2,1H3. The van der Waals surface area contributed by atoms with Crippen molar-refractivity contribution in [1.29, 1.82) is 0 Å². The van der Waals surface area contributed by atoms with Crippen molar-refractivity contribution < 1.29 is 0 Å². The Morgan fingerprint density at radius 2 is 2.62 bits per heavy atom. The van der Waals surface area contributed by atoms with Crippen LogP contribution in [0.4, 0.5) is 0 Å². The highest BCUT2D eigenvalue weighted by Crippen LogP contribution is 1.98. The maximum absolute atomic E-state index is 5.57. The zero-order chi connectivity index (χ0) is 5.98. The molecule has 0 unspecified atom stereocenters. The number of nitrogens with zero attached hydrogens (tertiary/aromatic N) is 2. The van der Waals surface area contributed by atoms with Crippen LogP contribution in [0.5, 0.6) is 0 Å². The molecule has 0 saturated heterocycles. The van der Waals surface area contributed by atoms with E-state index in [1.165, 1.54) is 0 Å². The molecule has 0 spiro atoms. The summed E-state index contributed by atoms with van der Waals surface area (Å²) in [6, 6.07) is 0. The second-order valence-corrected chi connectivity index (χ2v) is 2.15. The molecule has 44 valence electrons. The van der Waals surface area contributed by atoms with Crippen LogP contribution >= 0.6 is 11.6 Å². The van der Waals surface area contributed by atoms with Crippen LogP contribution in [0.2, 0.25) is 0 Å². The molecule has 1 rings (SSSR count). The third-order valence-electron chi connectivity index (χ3n) is 0.916. The molecule has 0 saturated carbocycles. The Kier molecular flexibility index (Phi) is 1.53. The largest absolute Gasteiger partial charge is 0.372 e. The summed E-state index contributed by atoms with van der Waals surface area (Å²) in [7, 11) is 1.95. The minimum Gasteiger partial charge on any atom is -0.372 e. The number of hydrogen-bond acceptors (Lipinski definition) is 2. The Morgan fingerprint density at radius 3 is 3.00 bits per heavy atom. The summed E-state index contributed by atoms with van der Waals surface area (Å²) in [5.74, 6) is 0. The fraction of sp³-hybridized carbons (Fsp3) is 0.400. The quantitative estimate of drug-likeness (QED) is 0.479. The van der Waals surface area contributed by atoms with Crippen LogP contribution in [0.25, 0.3) is 0 Å². The van der Waals surface area contributed by atoms with Crippen molar-refractivity contribution in [2.24, 2.45) is 4.99 Å². The van der Waals surface area contributed by atoms with Crippen molar-refractivity contribution in [1.82, 2.24) is 4.90 Å². The lowest BCUT2D eigenvalue weighted by molar-refractivity contribution is 0.520. The molecule has 0 fully saturated rings. The lowest BCUT2D eigenvalue weighted by Gasteiger charge is -2.13. The van der Waals surface area contributed by atoms with Crippen LogP contribution < -0.4 is 0 Å². The first-order valence-corrected chi connectivity index (χ1v) is 2.76. The van der Waals surface area contributed by atoms with E-state index in [-0.39, 0.29) is 0 Å². The zero-order valence-corrected chi connectivity index (χ0v) is 5.39. The predicted octanol–water partition coefficient (Wildman–Crippen LogP) is 1.04. The van der Waals surface area contributed by atoms with Crippen LogP contribution in [-0.4, -0.2) is 23.7 Å². The van der Waals surface area contributed by atoms with Crippen molar-refractivity contribution in [3.05, 3.63) is 12.4 Å². The van der Waals surface area contributed by atoms with E-state index in [0.717, 1.165) is 6.54 Å². The van der Waals surface area contributed by atoms with Gasteiger partial charge >= 0.3 is 0 Å². The van der Waals surface area contributed by atoms with Gasteiger partial charge in [0.15, 0.2) is 0 Å². The third-order valence-corrected chi connectivity index (χ3v) is 1.13. The number of hydrogen-bond donors (Lipinski definition) is 0. The molecule has 8 heavy (non-hydrogen) atoms. The van der Waals surface area contributed by atoms with Crippen molar-refractivity contribution in [3.8, 4) is 0 Å². The number of aliphatic imine (C=N–C) groups is 1. The molecular formula is C5H7ClN2. The fourth-order valence-corrected chi connectivity index (χ4v) is 0.772. The highest BCUT2D eigenvalue weighted by Gasteiger charge is 1.98. The Morgan fingerprint density at radius 1 is 1.88 bits per heavy atom. The van der Waals surface area contributed by atoms with Gasteiger partial charge in [0.2, 0.25) is 0 Å². The van der Waals surface area contributed by atoms with Gasteiger partial charge in [0, 0.05) is 19.4 Å². The molecule has 0 amide bonds. The van der Waals surface area contributed by atoms with Gasteiger partial charge in [0.05, 0.1) is 6.54 Å². The van der Waals surface area contributed by atoms with E-state index in [4.69, 9.17) is 11.6 Å². The number of halogens is 1. The van der Waals surface area contributed by atoms with Gasteiger partial charge < -0.3 is 4.90 Å². The monoisotopic (exact) mass is 130 g/mol. The zero-order valence-electron chi connectivity index (χ0n) is 4.63. The Balaban J connectivity index is 2.59. The summed E-state index contributed by atoms with van der Waals surface area (Å²) >= 11 is 5.57.